The molecule has 1 fully saturated rings. The summed E-state index contributed by atoms with van der Waals surface area (Å²) in [5.74, 6) is 0.436. The molecule has 1 atom stereocenters. The van der Waals surface area contributed by atoms with E-state index in [4.69, 9.17) is 0 Å². The average Bonchev–Trinajstić information content (AvgIpc) is 3.04. The van der Waals surface area contributed by atoms with Gasteiger partial charge in [-0.25, -0.2) is 0 Å². The molecule has 1 unspecified atom stereocenters. The molecule has 1 aliphatic rings. The number of benzene rings is 1. The highest BCUT2D eigenvalue weighted by molar-refractivity contribution is 5.36. The van der Waals surface area contributed by atoms with E-state index < -0.39 is 5.60 Å². The van der Waals surface area contributed by atoms with E-state index in [1.165, 1.54) is 11.1 Å². The van der Waals surface area contributed by atoms with Crippen molar-refractivity contribution in [2.24, 2.45) is 5.92 Å². The van der Waals surface area contributed by atoms with Crippen molar-refractivity contribution in [1.29, 1.82) is 0 Å². The highest BCUT2D eigenvalue weighted by Gasteiger charge is 2.45. The van der Waals surface area contributed by atoms with Crippen LogP contribution in [0.25, 0.3) is 0 Å². The molecule has 0 amide bonds. The van der Waals surface area contributed by atoms with Crippen LogP contribution in [-0.2, 0) is 5.60 Å². The van der Waals surface area contributed by atoms with E-state index >= 15 is 0 Å². The van der Waals surface area contributed by atoms with Gasteiger partial charge in [-0.05, 0) is 57.8 Å². The van der Waals surface area contributed by atoms with Crippen molar-refractivity contribution in [3.8, 4) is 0 Å². The molecule has 2 rings (SSSR count). The summed E-state index contributed by atoms with van der Waals surface area (Å²) in [5.41, 5.74) is 2.88. The summed E-state index contributed by atoms with van der Waals surface area (Å²) in [5, 5.41) is 11.1. The van der Waals surface area contributed by atoms with Gasteiger partial charge in [-0.15, -0.1) is 0 Å². The van der Waals surface area contributed by atoms with Crippen LogP contribution in [0.2, 0.25) is 0 Å². The van der Waals surface area contributed by atoms with E-state index in [0.717, 1.165) is 18.4 Å². The number of aliphatic hydroxyl groups is 1. The molecule has 0 radical (unpaired) electrons. The van der Waals surface area contributed by atoms with Crippen LogP contribution in [-0.4, -0.2) is 30.6 Å². The molecule has 0 aromatic heterocycles. The summed E-state index contributed by atoms with van der Waals surface area (Å²) < 4.78 is 0. The number of likely N-dealkylation sites (N-methyl/N-ethyl adjacent to an activating group) is 1. The minimum Gasteiger partial charge on any atom is -0.384 e. The van der Waals surface area contributed by atoms with Crippen molar-refractivity contribution in [1.82, 2.24) is 4.90 Å². The standard InChI is InChI=1S/C15H23NO/c1-11-5-6-12(2)14(9-11)15(17,10-16(3)4)13-7-8-13/h5-6,9,13,17H,7-8,10H2,1-4H3. The van der Waals surface area contributed by atoms with E-state index in [1.54, 1.807) is 0 Å². The molecule has 0 heterocycles. The molecule has 0 bridgehead atoms. The van der Waals surface area contributed by atoms with Gasteiger partial charge in [-0.3, -0.25) is 0 Å². The van der Waals surface area contributed by atoms with Gasteiger partial charge in [0.15, 0.2) is 0 Å². The largest absolute Gasteiger partial charge is 0.384 e. The van der Waals surface area contributed by atoms with Gasteiger partial charge in [-0.1, -0.05) is 23.8 Å². The molecular formula is C15H23NO. The van der Waals surface area contributed by atoms with E-state index in [0.29, 0.717) is 12.5 Å². The minimum atomic E-state index is -0.667. The van der Waals surface area contributed by atoms with E-state index in [9.17, 15) is 5.11 Å². The summed E-state index contributed by atoms with van der Waals surface area (Å²) >= 11 is 0. The van der Waals surface area contributed by atoms with Crippen molar-refractivity contribution in [2.75, 3.05) is 20.6 Å². The number of rotatable bonds is 4. The quantitative estimate of drug-likeness (QED) is 0.863. The fourth-order valence-electron chi connectivity index (χ4n) is 2.68. The summed E-state index contributed by atoms with van der Waals surface area (Å²) in [4.78, 5) is 2.08. The second-order valence-corrected chi connectivity index (χ2v) is 5.75. The molecule has 1 N–H and O–H groups in total. The van der Waals surface area contributed by atoms with Gasteiger partial charge in [0.2, 0.25) is 0 Å². The van der Waals surface area contributed by atoms with Gasteiger partial charge < -0.3 is 10.0 Å². The van der Waals surface area contributed by atoms with E-state index in [1.807, 2.05) is 14.1 Å². The predicted octanol–water partition coefficient (Wildman–Crippen LogP) is 2.46. The monoisotopic (exact) mass is 233 g/mol. The second-order valence-electron chi connectivity index (χ2n) is 5.75. The Kier molecular flexibility index (Phi) is 3.28. The molecule has 0 spiro atoms. The Morgan fingerprint density at radius 3 is 2.47 bits per heavy atom. The number of nitrogens with zero attached hydrogens (tertiary/aromatic N) is 1. The Hall–Kier alpha value is -0.860. The third kappa shape index (κ3) is 2.53. The van der Waals surface area contributed by atoms with Gasteiger partial charge >= 0.3 is 0 Å². The van der Waals surface area contributed by atoms with Crippen molar-refractivity contribution < 1.29 is 5.11 Å². The first-order valence-corrected chi connectivity index (χ1v) is 6.38. The predicted molar refractivity (Wildman–Crippen MR) is 71.1 cm³/mol. The number of hydrogen-bond donors (Lipinski definition) is 1. The number of aryl methyl sites for hydroxylation is 2. The maximum absolute atomic E-state index is 11.1. The van der Waals surface area contributed by atoms with Crippen molar-refractivity contribution in [3.05, 3.63) is 34.9 Å². The molecule has 1 aromatic carbocycles. The first-order valence-electron chi connectivity index (χ1n) is 6.38. The van der Waals surface area contributed by atoms with Crippen LogP contribution in [0.3, 0.4) is 0 Å². The highest BCUT2D eigenvalue weighted by atomic mass is 16.3. The maximum atomic E-state index is 11.1. The Bertz CT molecular complexity index is 409. The van der Waals surface area contributed by atoms with Gasteiger partial charge in [-0.2, -0.15) is 0 Å². The van der Waals surface area contributed by atoms with E-state index in [-0.39, 0.29) is 0 Å². The molecule has 2 nitrogen and oxygen atoms in total. The first-order chi connectivity index (χ1) is 7.93. The summed E-state index contributed by atoms with van der Waals surface area (Å²) in [6, 6.07) is 6.38. The van der Waals surface area contributed by atoms with Crippen molar-refractivity contribution >= 4 is 0 Å². The molecule has 94 valence electrons. The fourth-order valence-corrected chi connectivity index (χ4v) is 2.68. The van der Waals surface area contributed by atoms with Crippen LogP contribution in [0, 0.1) is 19.8 Å². The van der Waals surface area contributed by atoms with Crippen LogP contribution >= 0.6 is 0 Å². The third-order valence-electron chi connectivity index (χ3n) is 3.67. The zero-order valence-corrected chi connectivity index (χ0v) is 11.3. The van der Waals surface area contributed by atoms with Crippen LogP contribution in [0.1, 0.15) is 29.5 Å². The molecule has 1 saturated carbocycles. The normalized spacial score (nSPS) is 19.4. The van der Waals surface area contributed by atoms with Gasteiger partial charge in [0.25, 0.3) is 0 Å². The summed E-state index contributed by atoms with van der Waals surface area (Å²) in [6.45, 7) is 4.89. The first kappa shape index (κ1) is 12.6. The molecule has 2 heteroatoms. The van der Waals surface area contributed by atoms with Gasteiger partial charge in [0, 0.05) is 6.54 Å². The molecule has 0 saturated heterocycles. The molecule has 1 aliphatic carbocycles. The fraction of sp³-hybridized carbons (Fsp3) is 0.600. The van der Waals surface area contributed by atoms with Crippen LogP contribution in [0.4, 0.5) is 0 Å². The van der Waals surface area contributed by atoms with Crippen LogP contribution in [0.15, 0.2) is 18.2 Å². The van der Waals surface area contributed by atoms with Crippen LogP contribution < -0.4 is 0 Å². The lowest BCUT2D eigenvalue weighted by atomic mass is 9.84. The topological polar surface area (TPSA) is 23.5 Å². The van der Waals surface area contributed by atoms with Gasteiger partial charge in [0.05, 0.1) is 0 Å². The average molecular weight is 233 g/mol. The zero-order chi connectivity index (χ0) is 12.6. The molecule has 1 aromatic rings. The molecular weight excluding hydrogens is 210 g/mol. The Morgan fingerprint density at radius 2 is 1.94 bits per heavy atom. The highest BCUT2D eigenvalue weighted by Crippen LogP contribution is 2.47. The summed E-state index contributed by atoms with van der Waals surface area (Å²) in [6.07, 6.45) is 2.30. The van der Waals surface area contributed by atoms with Crippen LogP contribution in [0.5, 0.6) is 0 Å². The van der Waals surface area contributed by atoms with Crippen molar-refractivity contribution in [3.63, 3.8) is 0 Å². The third-order valence-corrected chi connectivity index (χ3v) is 3.67. The minimum absolute atomic E-state index is 0.436. The Balaban J connectivity index is 2.41. The lowest BCUT2D eigenvalue weighted by Gasteiger charge is -2.33. The smallest absolute Gasteiger partial charge is 0.105 e. The zero-order valence-electron chi connectivity index (χ0n) is 11.3. The van der Waals surface area contributed by atoms with Gasteiger partial charge in [0.1, 0.15) is 5.60 Å². The lowest BCUT2D eigenvalue weighted by molar-refractivity contribution is -0.0105. The van der Waals surface area contributed by atoms with Crippen molar-refractivity contribution in [2.45, 2.75) is 32.3 Å². The SMILES string of the molecule is Cc1ccc(C)c(C(O)(CN(C)C)C2CC2)c1. The summed E-state index contributed by atoms with van der Waals surface area (Å²) in [7, 11) is 4.05. The number of hydrogen-bond acceptors (Lipinski definition) is 2. The van der Waals surface area contributed by atoms with E-state index in [2.05, 4.69) is 36.9 Å². The Labute approximate surface area is 104 Å². The molecule has 17 heavy (non-hydrogen) atoms. The molecule has 0 aliphatic heterocycles. The Morgan fingerprint density at radius 1 is 1.29 bits per heavy atom. The maximum Gasteiger partial charge on any atom is 0.105 e. The lowest BCUT2D eigenvalue weighted by Crippen LogP contribution is -2.40. The second kappa shape index (κ2) is 4.43.